The molecule has 0 atom stereocenters. The van der Waals surface area contributed by atoms with Gasteiger partial charge in [0.25, 0.3) is 0 Å². The Morgan fingerprint density at radius 1 is 1.28 bits per heavy atom. The number of nitrogens with zero attached hydrogens (tertiary/aromatic N) is 6. The Bertz CT molecular complexity index is 525. The van der Waals surface area contributed by atoms with Crippen LogP contribution in [0.2, 0.25) is 0 Å². The van der Waals surface area contributed by atoms with Gasteiger partial charge >= 0.3 is 6.01 Å². The Balaban J connectivity index is 2.39. The summed E-state index contributed by atoms with van der Waals surface area (Å²) >= 11 is 0. The number of rotatable bonds is 5. The van der Waals surface area contributed by atoms with Crippen molar-refractivity contribution < 1.29 is 4.74 Å². The van der Waals surface area contributed by atoms with Crippen molar-refractivity contribution in [2.75, 3.05) is 12.3 Å². The summed E-state index contributed by atoms with van der Waals surface area (Å²) in [4.78, 5) is 12.2. The van der Waals surface area contributed by atoms with E-state index in [2.05, 4.69) is 32.2 Å². The predicted octanol–water partition coefficient (Wildman–Crippen LogP) is 0.521. The molecule has 0 fully saturated rings. The molecular weight excluding hydrogens is 234 g/mol. The van der Waals surface area contributed by atoms with Crippen LogP contribution in [0.1, 0.15) is 20.3 Å². The van der Waals surface area contributed by atoms with Crippen LogP contribution >= 0.6 is 0 Å². The third-order valence-electron chi connectivity index (χ3n) is 2.19. The normalized spacial score (nSPS) is 10.6. The Hall–Kier alpha value is -2.25. The Morgan fingerprint density at radius 2 is 2.11 bits per heavy atom. The molecule has 96 valence electrons. The first-order valence-electron chi connectivity index (χ1n) is 5.77. The molecule has 0 spiro atoms. The van der Waals surface area contributed by atoms with E-state index in [1.807, 2.05) is 6.92 Å². The van der Waals surface area contributed by atoms with Crippen molar-refractivity contribution in [3.05, 3.63) is 6.20 Å². The van der Waals surface area contributed by atoms with Crippen LogP contribution in [0.15, 0.2) is 6.20 Å². The molecule has 2 N–H and O–H groups in total. The lowest BCUT2D eigenvalue weighted by molar-refractivity contribution is 0.312. The van der Waals surface area contributed by atoms with Crippen LogP contribution in [0.5, 0.6) is 6.01 Å². The number of ether oxygens (including phenoxy) is 1. The average Bonchev–Trinajstić information content (AvgIpc) is 2.77. The van der Waals surface area contributed by atoms with Crippen molar-refractivity contribution in [2.24, 2.45) is 0 Å². The maximum Gasteiger partial charge on any atom is 0.321 e. The van der Waals surface area contributed by atoms with Crippen LogP contribution in [0.25, 0.3) is 11.5 Å². The number of aryl methyl sites for hydroxylation is 1. The first-order chi connectivity index (χ1) is 8.74. The zero-order chi connectivity index (χ0) is 13.0. The molecule has 2 rings (SSSR count). The molecule has 0 unspecified atom stereocenters. The molecule has 8 nitrogen and oxygen atoms in total. The molecule has 0 aliphatic rings. The van der Waals surface area contributed by atoms with E-state index in [1.165, 1.54) is 0 Å². The topological polar surface area (TPSA) is 105 Å². The van der Waals surface area contributed by atoms with Crippen LogP contribution in [-0.2, 0) is 6.54 Å². The number of aromatic nitrogens is 6. The van der Waals surface area contributed by atoms with E-state index in [1.54, 1.807) is 10.9 Å². The molecule has 0 aromatic carbocycles. The van der Waals surface area contributed by atoms with Gasteiger partial charge in [-0.25, -0.2) is 4.68 Å². The highest BCUT2D eigenvalue weighted by molar-refractivity contribution is 5.49. The summed E-state index contributed by atoms with van der Waals surface area (Å²) < 4.78 is 6.96. The molecule has 0 aliphatic heterocycles. The first kappa shape index (κ1) is 12.2. The molecule has 0 bridgehead atoms. The standard InChI is InChI=1S/C10H15N7O/c1-3-5-17-7(6-12-16-17)8-13-9(11)15-10(14-8)18-4-2/h6H,3-5H2,1-2H3,(H2,11,13,14,15). The van der Waals surface area contributed by atoms with Gasteiger partial charge < -0.3 is 10.5 Å². The van der Waals surface area contributed by atoms with Crippen LogP contribution in [0, 0.1) is 0 Å². The second kappa shape index (κ2) is 5.39. The van der Waals surface area contributed by atoms with Gasteiger partial charge in [0, 0.05) is 6.54 Å². The van der Waals surface area contributed by atoms with E-state index in [0.717, 1.165) is 13.0 Å². The van der Waals surface area contributed by atoms with Gasteiger partial charge in [-0.3, -0.25) is 0 Å². The van der Waals surface area contributed by atoms with Crippen molar-refractivity contribution in [2.45, 2.75) is 26.8 Å². The van der Waals surface area contributed by atoms with Crippen LogP contribution < -0.4 is 10.5 Å². The molecule has 0 radical (unpaired) electrons. The van der Waals surface area contributed by atoms with Crippen molar-refractivity contribution >= 4 is 5.95 Å². The highest BCUT2D eigenvalue weighted by Crippen LogP contribution is 2.16. The summed E-state index contributed by atoms with van der Waals surface area (Å²) in [6.07, 6.45) is 2.54. The van der Waals surface area contributed by atoms with Crippen molar-refractivity contribution in [1.82, 2.24) is 29.9 Å². The minimum atomic E-state index is 0.118. The minimum absolute atomic E-state index is 0.118. The third kappa shape index (κ3) is 2.53. The van der Waals surface area contributed by atoms with Crippen LogP contribution in [0.4, 0.5) is 5.95 Å². The lowest BCUT2D eigenvalue weighted by Crippen LogP contribution is -2.08. The summed E-state index contributed by atoms with van der Waals surface area (Å²) in [6, 6.07) is 0.212. The third-order valence-corrected chi connectivity index (χ3v) is 2.19. The van der Waals surface area contributed by atoms with Crippen LogP contribution in [0.3, 0.4) is 0 Å². The SMILES string of the molecule is CCCn1nncc1-c1nc(N)nc(OCC)n1. The lowest BCUT2D eigenvalue weighted by atomic mass is 10.4. The van der Waals surface area contributed by atoms with E-state index in [9.17, 15) is 0 Å². The Morgan fingerprint density at radius 3 is 2.83 bits per heavy atom. The molecule has 0 saturated carbocycles. The first-order valence-corrected chi connectivity index (χ1v) is 5.77. The fraction of sp³-hybridized carbons (Fsp3) is 0.500. The lowest BCUT2D eigenvalue weighted by Gasteiger charge is -2.06. The van der Waals surface area contributed by atoms with Gasteiger partial charge in [0.05, 0.1) is 12.8 Å². The molecule has 0 saturated heterocycles. The number of hydrogen-bond acceptors (Lipinski definition) is 7. The van der Waals surface area contributed by atoms with Crippen molar-refractivity contribution in [3.8, 4) is 17.5 Å². The molecule has 0 amide bonds. The summed E-state index contributed by atoms with van der Waals surface area (Å²) in [5, 5.41) is 7.83. The maximum atomic E-state index is 5.63. The second-order valence-electron chi connectivity index (χ2n) is 3.58. The molecule has 2 aromatic heterocycles. The van der Waals surface area contributed by atoms with Gasteiger partial charge in [-0.1, -0.05) is 12.1 Å². The Labute approximate surface area is 104 Å². The summed E-state index contributed by atoms with van der Waals surface area (Å²) in [7, 11) is 0. The predicted molar refractivity (Wildman–Crippen MR) is 64.7 cm³/mol. The van der Waals surface area contributed by atoms with E-state index in [4.69, 9.17) is 10.5 Å². The summed E-state index contributed by atoms with van der Waals surface area (Å²) in [5.41, 5.74) is 6.33. The zero-order valence-corrected chi connectivity index (χ0v) is 10.4. The number of anilines is 1. The van der Waals surface area contributed by atoms with Crippen LogP contribution in [-0.4, -0.2) is 36.6 Å². The molecule has 0 aliphatic carbocycles. The average molecular weight is 249 g/mol. The number of nitrogen functional groups attached to an aromatic ring is 1. The van der Waals surface area contributed by atoms with Gasteiger partial charge in [-0.15, -0.1) is 5.10 Å². The summed E-state index contributed by atoms with van der Waals surface area (Å²) in [5.74, 6) is 0.539. The largest absolute Gasteiger partial charge is 0.464 e. The quantitative estimate of drug-likeness (QED) is 0.823. The highest BCUT2D eigenvalue weighted by atomic mass is 16.5. The second-order valence-corrected chi connectivity index (χ2v) is 3.58. The highest BCUT2D eigenvalue weighted by Gasteiger charge is 2.12. The fourth-order valence-electron chi connectivity index (χ4n) is 1.49. The summed E-state index contributed by atoms with van der Waals surface area (Å²) in [6.45, 7) is 5.11. The molecular formula is C10H15N7O. The van der Waals surface area contributed by atoms with E-state index >= 15 is 0 Å². The maximum absolute atomic E-state index is 5.63. The van der Waals surface area contributed by atoms with Gasteiger partial charge in [0.2, 0.25) is 5.95 Å². The van der Waals surface area contributed by atoms with Crippen molar-refractivity contribution in [3.63, 3.8) is 0 Å². The zero-order valence-electron chi connectivity index (χ0n) is 10.4. The number of nitrogens with two attached hydrogens (primary N) is 1. The van der Waals surface area contributed by atoms with Gasteiger partial charge in [-0.2, -0.15) is 15.0 Å². The molecule has 2 heterocycles. The van der Waals surface area contributed by atoms with E-state index < -0.39 is 0 Å². The van der Waals surface area contributed by atoms with Gasteiger partial charge in [0.15, 0.2) is 5.82 Å². The van der Waals surface area contributed by atoms with Crippen molar-refractivity contribution in [1.29, 1.82) is 0 Å². The minimum Gasteiger partial charge on any atom is -0.464 e. The monoisotopic (exact) mass is 249 g/mol. The van der Waals surface area contributed by atoms with Gasteiger partial charge in [0.1, 0.15) is 5.69 Å². The molecule has 2 aromatic rings. The van der Waals surface area contributed by atoms with Gasteiger partial charge in [-0.05, 0) is 13.3 Å². The smallest absolute Gasteiger partial charge is 0.321 e. The number of hydrogen-bond donors (Lipinski definition) is 1. The molecule has 8 heteroatoms. The molecule has 18 heavy (non-hydrogen) atoms. The van der Waals surface area contributed by atoms with E-state index in [0.29, 0.717) is 18.1 Å². The fourth-order valence-corrected chi connectivity index (χ4v) is 1.49. The Kier molecular flexibility index (Phi) is 3.66. The van der Waals surface area contributed by atoms with E-state index in [-0.39, 0.29) is 12.0 Å².